The first kappa shape index (κ1) is 13.5. The number of amides is 1. The van der Waals surface area contributed by atoms with Gasteiger partial charge in [0.05, 0.1) is 18.5 Å². The van der Waals surface area contributed by atoms with Crippen LogP contribution in [-0.2, 0) is 4.74 Å². The van der Waals surface area contributed by atoms with Gasteiger partial charge in [-0.05, 0) is 6.92 Å². The Morgan fingerprint density at radius 3 is 2.65 bits per heavy atom. The highest BCUT2D eigenvalue weighted by molar-refractivity contribution is 5.94. The van der Waals surface area contributed by atoms with Crippen LogP contribution in [-0.4, -0.2) is 38.2 Å². The number of hydrogen-bond donors (Lipinski definition) is 2. The van der Waals surface area contributed by atoms with E-state index in [4.69, 9.17) is 16.2 Å². The zero-order chi connectivity index (χ0) is 14.7. The van der Waals surface area contributed by atoms with Crippen LogP contribution in [0.5, 0.6) is 0 Å². The number of nitrogens with two attached hydrogens (primary N) is 2. The van der Waals surface area contributed by atoms with Crippen molar-refractivity contribution in [1.82, 2.24) is 19.7 Å². The van der Waals surface area contributed by atoms with Gasteiger partial charge in [-0.25, -0.2) is 19.4 Å². The molecule has 0 saturated carbocycles. The molecule has 0 aliphatic heterocycles. The second-order valence-corrected chi connectivity index (χ2v) is 3.69. The molecule has 104 valence electrons. The van der Waals surface area contributed by atoms with E-state index in [9.17, 15) is 9.59 Å². The molecule has 0 spiro atoms. The van der Waals surface area contributed by atoms with Gasteiger partial charge in [0.1, 0.15) is 0 Å². The van der Waals surface area contributed by atoms with E-state index in [1.54, 1.807) is 6.92 Å². The summed E-state index contributed by atoms with van der Waals surface area (Å²) in [5.41, 5.74) is 10.8. The lowest BCUT2D eigenvalue weighted by Gasteiger charge is -2.03. The Kier molecular flexibility index (Phi) is 3.60. The highest BCUT2D eigenvalue weighted by Gasteiger charge is 2.20. The van der Waals surface area contributed by atoms with Crippen molar-refractivity contribution in [3.8, 4) is 5.82 Å². The molecule has 2 aromatic heterocycles. The summed E-state index contributed by atoms with van der Waals surface area (Å²) in [6.07, 6.45) is 4.02. The lowest BCUT2D eigenvalue weighted by atomic mass is 10.4. The predicted octanol–water partition coefficient (Wildman–Crippen LogP) is -0.480. The van der Waals surface area contributed by atoms with Gasteiger partial charge in [-0.3, -0.25) is 4.79 Å². The Bertz CT molecular complexity index is 666. The van der Waals surface area contributed by atoms with Gasteiger partial charge in [-0.2, -0.15) is 5.10 Å². The number of anilines is 1. The van der Waals surface area contributed by atoms with Crippen molar-refractivity contribution >= 4 is 17.6 Å². The van der Waals surface area contributed by atoms with Crippen LogP contribution >= 0.6 is 0 Å². The summed E-state index contributed by atoms with van der Waals surface area (Å²) in [6, 6.07) is 0. The van der Waals surface area contributed by atoms with E-state index in [0.717, 1.165) is 4.68 Å². The number of rotatable bonds is 4. The van der Waals surface area contributed by atoms with Crippen LogP contribution in [0.1, 0.15) is 27.9 Å². The summed E-state index contributed by atoms with van der Waals surface area (Å²) < 4.78 is 5.97. The Hall–Kier alpha value is -2.97. The van der Waals surface area contributed by atoms with E-state index < -0.39 is 11.9 Å². The van der Waals surface area contributed by atoms with Crippen molar-refractivity contribution in [2.24, 2.45) is 5.73 Å². The van der Waals surface area contributed by atoms with Crippen molar-refractivity contribution in [2.75, 3.05) is 12.3 Å². The van der Waals surface area contributed by atoms with E-state index in [2.05, 4.69) is 15.1 Å². The topological polar surface area (TPSA) is 139 Å². The molecule has 0 unspecified atom stereocenters. The Morgan fingerprint density at radius 2 is 2.00 bits per heavy atom. The molecule has 2 heterocycles. The van der Waals surface area contributed by atoms with E-state index in [1.807, 2.05) is 0 Å². The van der Waals surface area contributed by atoms with Crippen LogP contribution in [0.2, 0.25) is 0 Å². The van der Waals surface area contributed by atoms with Gasteiger partial charge in [-0.15, -0.1) is 0 Å². The molecule has 20 heavy (non-hydrogen) atoms. The Balaban J connectivity index is 2.48. The number of primary amides is 1. The third-order valence-corrected chi connectivity index (χ3v) is 2.34. The fourth-order valence-corrected chi connectivity index (χ4v) is 1.53. The van der Waals surface area contributed by atoms with E-state index in [1.165, 1.54) is 18.6 Å². The van der Waals surface area contributed by atoms with Crippen LogP contribution in [0, 0.1) is 0 Å². The lowest BCUT2D eigenvalue weighted by Crippen LogP contribution is -2.18. The maximum Gasteiger partial charge on any atom is 0.361 e. The number of nitrogens with zero attached hydrogens (tertiary/aromatic N) is 4. The molecule has 0 bridgehead atoms. The summed E-state index contributed by atoms with van der Waals surface area (Å²) in [5, 5.41) is 3.95. The highest BCUT2D eigenvalue weighted by Crippen LogP contribution is 2.15. The molecule has 1 amide bonds. The number of esters is 1. The molecule has 2 aromatic rings. The summed E-state index contributed by atoms with van der Waals surface area (Å²) in [4.78, 5) is 30.7. The zero-order valence-electron chi connectivity index (χ0n) is 10.6. The van der Waals surface area contributed by atoms with Crippen molar-refractivity contribution in [3.63, 3.8) is 0 Å². The van der Waals surface area contributed by atoms with E-state index in [0.29, 0.717) is 0 Å². The van der Waals surface area contributed by atoms with Crippen molar-refractivity contribution in [2.45, 2.75) is 6.92 Å². The van der Waals surface area contributed by atoms with Gasteiger partial charge >= 0.3 is 5.97 Å². The van der Waals surface area contributed by atoms with Crippen molar-refractivity contribution < 1.29 is 14.3 Å². The molecule has 0 radical (unpaired) electrons. The molecule has 0 aliphatic carbocycles. The highest BCUT2D eigenvalue weighted by atomic mass is 16.5. The monoisotopic (exact) mass is 276 g/mol. The first-order valence-corrected chi connectivity index (χ1v) is 5.68. The average Bonchev–Trinajstić information content (AvgIpc) is 2.81. The van der Waals surface area contributed by atoms with Gasteiger partial charge < -0.3 is 16.2 Å². The Labute approximate surface area is 113 Å². The first-order chi connectivity index (χ1) is 9.54. The number of carbonyl (C=O) groups excluding carboxylic acids is 2. The van der Waals surface area contributed by atoms with Crippen molar-refractivity contribution in [3.05, 3.63) is 30.0 Å². The second-order valence-electron chi connectivity index (χ2n) is 3.69. The van der Waals surface area contributed by atoms with Crippen LogP contribution in [0.4, 0.5) is 5.69 Å². The predicted molar refractivity (Wildman–Crippen MR) is 68.0 cm³/mol. The molecular weight excluding hydrogens is 264 g/mol. The molecule has 9 nitrogen and oxygen atoms in total. The lowest BCUT2D eigenvalue weighted by molar-refractivity contribution is 0.0520. The summed E-state index contributed by atoms with van der Waals surface area (Å²) >= 11 is 0. The van der Waals surface area contributed by atoms with Gasteiger partial charge in [0, 0.05) is 12.4 Å². The van der Waals surface area contributed by atoms with Crippen LogP contribution in [0.25, 0.3) is 5.82 Å². The minimum Gasteiger partial charge on any atom is -0.461 e. The molecule has 9 heteroatoms. The molecule has 0 aliphatic rings. The van der Waals surface area contributed by atoms with Gasteiger partial charge in [0.25, 0.3) is 5.91 Å². The molecule has 4 N–H and O–H groups in total. The first-order valence-electron chi connectivity index (χ1n) is 5.68. The van der Waals surface area contributed by atoms with Crippen LogP contribution < -0.4 is 11.5 Å². The normalized spacial score (nSPS) is 10.2. The summed E-state index contributed by atoms with van der Waals surface area (Å²) in [5.74, 6) is -1.34. The van der Waals surface area contributed by atoms with E-state index in [-0.39, 0.29) is 29.5 Å². The molecule has 0 atom stereocenters. The minimum absolute atomic E-state index is 0.0621. The number of hydrogen-bond acceptors (Lipinski definition) is 7. The average molecular weight is 276 g/mol. The number of nitrogen functional groups attached to an aromatic ring is 1. The molecule has 0 saturated heterocycles. The standard InChI is InChI=1S/C11H12N6O3/c1-2-20-11(19)7-6(12)5-17(16-7)10-8(9(13)18)14-3-4-15-10/h3-5H,2,12H2,1H3,(H2,13,18). The SMILES string of the molecule is CCOC(=O)c1nn(-c2nccnc2C(N)=O)cc1N. The van der Waals surface area contributed by atoms with Gasteiger partial charge in [0.15, 0.2) is 17.2 Å². The zero-order valence-corrected chi connectivity index (χ0v) is 10.6. The van der Waals surface area contributed by atoms with Crippen LogP contribution in [0.3, 0.4) is 0 Å². The largest absolute Gasteiger partial charge is 0.461 e. The molecule has 2 rings (SSSR count). The fraction of sp³-hybridized carbons (Fsp3) is 0.182. The third kappa shape index (κ3) is 2.41. The maximum absolute atomic E-state index is 11.6. The molecular formula is C11H12N6O3. The summed E-state index contributed by atoms with van der Waals surface area (Å²) in [6.45, 7) is 1.86. The van der Waals surface area contributed by atoms with Crippen LogP contribution in [0.15, 0.2) is 18.6 Å². The second kappa shape index (κ2) is 5.34. The minimum atomic E-state index is -0.764. The van der Waals surface area contributed by atoms with Gasteiger partial charge in [0.2, 0.25) is 0 Å². The maximum atomic E-state index is 11.6. The van der Waals surface area contributed by atoms with Gasteiger partial charge in [-0.1, -0.05) is 0 Å². The summed E-state index contributed by atoms with van der Waals surface area (Å²) in [7, 11) is 0. The smallest absolute Gasteiger partial charge is 0.361 e. The van der Waals surface area contributed by atoms with E-state index >= 15 is 0 Å². The van der Waals surface area contributed by atoms with Crippen molar-refractivity contribution in [1.29, 1.82) is 0 Å². The Morgan fingerprint density at radius 1 is 1.30 bits per heavy atom. The number of ether oxygens (including phenoxy) is 1. The number of carbonyl (C=O) groups is 2. The third-order valence-electron chi connectivity index (χ3n) is 2.34. The fourth-order valence-electron chi connectivity index (χ4n) is 1.53. The molecule has 0 fully saturated rings. The quantitative estimate of drug-likeness (QED) is 0.719. The molecule has 0 aromatic carbocycles. The number of aromatic nitrogens is 4.